The largest absolute Gasteiger partial charge is 0.394 e. The van der Waals surface area contributed by atoms with Crippen LogP contribution in [0.4, 0.5) is 0 Å². The van der Waals surface area contributed by atoms with Gasteiger partial charge in [-0.05, 0) is 24.5 Å². The van der Waals surface area contributed by atoms with Gasteiger partial charge in [-0.3, -0.25) is 0 Å². The Morgan fingerprint density at radius 1 is 1.32 bits per heavy atom. The lowest BCUT2D eigenvalue weighted by Gasteiger charge is -2.34. The fourth-order valence-electron chi connectivity index (χ4n) is 2.52. The Morgan fingerprint density at radius 3 is 2.53 bits per heavy atom. The van der Waals surface area contributed by atoms with Gasteiger partial charge >= 0.3 is 0 Å². The lowest BCUT2D eigenvalue weighted by molar-refractivity contribution is 0.155. The Balaban J connectivity index is 2.55. The molecular weight excluding hydrogens is 238 g/mol. The summed E-state index contributed by atoms with van der Waals surface area (Å²) in [6.07, 6.45) is 0. The van der Waals surface area contributed by atoms with E-state index in [0.717, 1.165) is 16.9 Å². The highest BCUT2D eigenvalue weighted by Crippen LogP contribution is 2.30. The van der Waals surface area contributed by atoms with E-state index in [1.54, 1.807) is 0 Å². The van der Waals surface area contributed by atoms with Crippen LogP contribution in [0.2, 0.25) is 0 Å². The van der Waals surface area contributed by atoms with Crippen LogP contribution >= 0.6 is 0 Å². The molecule has 2 rings (SSSR count). The van der Waals surface area contributed by atoms with Crippen LogP contribution in [0, 0.1) is 12.3 Å². The summed E-state index contributed by atoms with van der Waals surface area (Å²) in [5, 5.41) is 9.79. The first-order valence-electron chi connectivity index (χ1n) is 6.66. The zero-order valence-electron chi connectivity index (χ0n) is 12.1. The minimum atomic E-state index is -0.160. The first kappa shape index (κ1) is 14.0. The number of para-hydroxylation sites is 2. The van der Waals surface area contributed by atoms with Crippen molar-refractivity contribution in [3.8, 4) is 0 Å². The third-order valence-electron chi connectivity index (χ3n) is 3.71. The zero-order chi connectivity index (χ0) is 14.2. The number of benzene rings is 1. The van der Waals surface area contributed by atoms with Crippen LogP contribution in [0.15, 0.2) is 24.3 Å². The molecule has 19 heavy (non-hydrogen) atoms. The first-order valence-corrected chi connectivity index (χ1v) is 6.66. The van der Waals surface area contributed by atoms with Crippen LogP contribution in [0.3, 0.4) is 0 Å². The molecule has 104 valence electrons. The maximum absolute atomic E-state index is 9.79. The van der Waals surface area contributed by atoms with Gasteiger partial charge in [0.05, 0.1) is 23.7 Å². The number of aliphatic hydroxyl groups is 1. The lowest BCUT2D eigenvalue weighted by atomic mass is 9.83. The predicted octanol–water partition coefficient (Wildman–Crippen LogP) is 2.25. The number of hydrogen-bond donors (Lipinski definition) is 2. The highest BCUT2D eigenvalue weighted by atomic mass is 16.3. The Kier molecular flexibility index (Phi) is 3.65. The van der Waals surface area contributed by atoms with Crippen molar-refractivity contribution in [1.29, 1.82) is 0 Å². The minimum absolute atomic E-state index is 0.0135. The van der Waals surface area contributed by atoms with Gasteiger partial charge in [0, 0.05) is 6.04 Å². The smallest absolute Gasteiger partial charge is 0.107 e. The summed E-state index contributed by atoms with van der Waals surface area (Å²) in [6.45, 7) is 8.25. The van der Waals surface area contributed by atoms with Gasteiger partial charge in [-0.15, -0.1) is 0 Å². The molecule has 1 aromatic carbocycles. The van der Waals surface area contributed by atoms with E-state index < -0.39 is 0 Å². The number of aromatic nitrogens is 2. The van der Waals surface area contributed by atoms with Gasteiger partial charge in [0.15, 0.2) is 0 Å². The van der Waals surface area contributed by atoms with Gasteiger partial charge in [0.25, 0.3) is 0 Å². The summed E-state index contributed by atoms with van der Waals surface area (Å²) in [5.74, 6) is 0.889. The van der Waals surface area contributed by atoms with Crippen molar-refractivity contribution in [3.63, 3.8) is 0 Å². The van der Waals surface area contributed by atoms with E-state index in [9.17, 15) is 5.11 Å². The summed E-state index contributed by atoms with van der Waals surface area (Å²) in [6, 6.07) is 7.65. The van der Waals surface area contributed by atoms with Crippen LogP contribution in [0.5, 0.6) is 0 Å². The second-order valence-electron chi connectivity index (χ2n) is 6.16. The van der Waals surface area contributed by atoms with E-state index in [2.05, 4.69) is 30.3 Å². The third kappa shape index (κ3) is 2.51. The maximum Gasteiger partial charge on any atom is 0.107 e. The highest BCUT2D eigenvalue weighted by molar-refractivity contribution is 5.76. The molecule has 0 aliphatic rings. The summed E-state index contributed by atoms with van der Waals surface area (Å²) in [4.78, 5) is 4.54. The summed E-state index contributed by atoms with van der Waals surface area (Å²) in [7, 11) is 0. The molecule has 0 saturated carbocycles. The molecule has 1 heterocycles. The molecule has 4 heteroatoms. The molecule has 3 N–H and O–H groups in total. The van der Waals surface area contributed by atoms with Gasteiger partial charge in [-0.2, -0.15) is 0 Å². The van der Waals surface area contributed by atoms with Crippen molar-refractivity contribution in [2.75, 3.05) is 6.61 Å². The molecule has 4 nitrogen and oxygen atoms in total. The third-order valence-corrected chi connectivity index (χ3v) is 3.71. The number of aryl methyl sites for hydroxylation is 1. The predicted molar refractivity (Wildman–Crippen MR) is 78.0 cm³/mol. The number of rotatable bonds is 3. The highest BCUT2D eigenvalue weighted by Gasteiger charge is 2.31. The second-order valence-corrected chi connectivity index (χ2v) is 6.16. The summed E-state index contributed by atoms with van der Waals surface area (Å²) < 4.78 is 2.06. The van der Waals surface area contributed by atoms with Crippen LogP contribution in [0.25, 0.3) is 11.0 Å². The SMILES string of the molecule is Cc1nc2ccccc2n1C(CO)C(N)C(C)(C)C. The molecule has 0 spiro atoms. The fourth-order valence-corrected chi connectivity index (χ4v) is 2.52. The Morgan fingerprint density at radius 2 is 1.95 bits per heavy atom. The number of fused-ring (bicyclic) bond motifs is 1. The van der Waals surface area contributed by atoms with Crippen molar-refractivity contribution in [2.24, 2.45) is 11.1 Å². The number of nitrogens with two attached hydrogens (primary N) is 1. The molecule has 0 fully saturated rings. The average Bonchev–Trinajstić information content (AvgIpc) is 2.66. The molecule has 0 aliphatic heterocycles. The van der Waals surface area contributed by atoms with Gasteiger partial charge in [0.1, 0.15) is 5.82 Å². The Labute approximate surface area is 114 Å². The Hall–Kier alpha value is -1.39. The van der Waals surface area contributed by atoms with Gasteiger partial charge in [0.2, 0.25) is 0 Å². The van der Waals surface area contributed by atoms with E-state index in [1.165, 1.54) is 0 Å². The second kappa shape index (κ2) is 4.94. The topological polar surface area (TPSA) is 64.1 Å². The van der Waals surface area contributed by atoms with E-state index in [1.807, 2.05) is 31.2 Å². The van der Waals surface area contributed by atoms with E-state index in [4.69, 9.17) is 5.73 Å². The van der Waals surface area contributed by atoms with E-state index in [-0.39, 0.29) is 24.1 Å². The van der Waals surface area contributed by atoms with Crippen LogP contribution in [-0.4, -0.2) is 27.3 Å². The monoisotopic (exact) mass is 261 g/mol. The van der Waals surface area contributed by atoms with Crippen molar-refractivity contribution in [1.82, 2.24) is 9.55 Å². The Bertz CT molecular complexity index is 568. The van der Waals surface area contributed by atoms with Crippen LogP contribution < -0.4 is 5.73 Å². The molecule has 0 aliphatic carbocycles. The zero-order valence-corrected chi connectivity index (χ0v) is 12.1. The normalized spacial score (nSPS) is 15.7. The standard InChI is InChI=1S/C15H23N3O/c1-10-17-11-7-5-6-8-12(11)18(10)13(9-19)14(16)15(2,3)4/h5-8,13-14,19H,9,16H2,1-4H3. The van der Waals surface area contributed by atoms with Crippen molar-refractivity contribution in [2.45, 2.75) is 39.8 Å². The molecule has 2 aromatic rings. The molecule has 0 saturated heterocycles. The number of aliphatic hydroxyl groups excluding tert-OH is 1. The molecule has 0 bridgehead atoms. The quantitative estimate of drug-likeness (QED) is 0.890. The van der Waals surface area contributed by atoms with Gasteiger partial charge in [-0.25, -0.2) is 4.98 Å². The van der Waals surface area contributed by atoms with Crippen molar-refractivity contribution < 1.29 is 5.11 Å². The van der Waals surface area contributed by atoms with E-state index in [0.29, 0.717) is 0 Å². The van der Waals surface area contributed by atoms with Crippen molar-refractivity contribution in [3.05, 3.63) is 30.1 Å². The lowest BCUT2D eigenvalue weighted by Crippen LogP contribution is -2.44. The average molecular weight is 261 g/mol. The van der Waals surface area contributed by atoms with E-state index >= 15 is 0 Å². The van der Waals surface area contributed by atoms with Gasteiger partial charge < -0.3 is 15.4 Å². The number of nitrogens with zero attached hydrogens (tertiary/aromatic N) is 2. The first-order chi connectivity index (χ1) is 8.86. The molecule has 0 amide bonds. The molecular formula is C15H23N3O. The minimum Gasteiger partial charge on any atom is -0.394 e. The molecule has 0 radical (unpaired) electrons. The van der Waals surface area contributed by atoms with Crippen LogP contribution in [0.1, 0.15) is 32.6 Å². The maximum atomic E-state index is 9.79. The van der Waals surface area contributed by atoms with Crippen molar-refractivity contribution >= 4 is 11.0 Å². The summed E-state index contributed by atoms with van der Waals surface area (Å²) in [5.41, 5.74) is 8.24. The molecule has 1 aromatic heterocycles. The number of imidazole rings is 1. The number of hydrogen-bond acceptors (Lipinski definition) is 3. The van der Waals surface area contributed by atoms with Gasteiger partial charge in [-0.1, -0.05) is 32.9 Å². The summed E-state index contributed by atoms with van der Waals surface area (Å²) >= 11 is 0. The van der Waals surface area contributed by atoms with Crippen LogP contribution in [-0.2, 0) is 0 Å². The molecule has 2 unspecified atom stereocenters. The fraction of sp³-hybridized carbons (Fsp3) is 0.533. The molecule has 2 atom stereocenters.